The fourth-order valence-corrected chi connectivity index (χ4v) is 2.98. The van der Waals surface area contributed by atoms with Crippen molar-refractivity contribution in [1.82, 2.24) is 15.2 Å². The number of likely N-dealkylation sites (tertiary alicyclic amines) is 1. The molecule has 138 valence electrons. The van der Waals surface area contributed by atoms with Crippen LogP contribution in [0, 0.1) is 0 Å². The molecule has 0 radical (unpaired) electrons. The average Bonchev–Trinajstić information content (AvgIpc) is 3.21. The number of aromatic nitrogens is 1. The predicted molar refractivity (Wildman–Crippen MR) is 100.0 cm³/mol. The van der Waals surface area contributed by atoms with Gasteiger partial charge in [-0.05, 0) is 42.7 Å². The smallest absolute Gasteiger partial charge is 0.252 e. The van der Waals surface area contributed by atoms with Crippen molar-refractivity contribution in [3.63, 3.8) is 0 Å². The number of nitrogens with zero attached hydrogens (tertiary/aromatic N) is 2. The average molecular weight is 376 g/mol. The van der Waals surface area contributed by atoms with E-state index in [0.717, 1.165) is 12.8 Å². The quantitative estimate of drug-likeness (QED) is 0.836. The van der Waals surface area contributed by atoms with Crippen LogP contribution in [0.25, 0.3) is 0 Å². The maximum atomic E-state index is 12.9. The summed E-state index contributed by atoms with van der Waals surface area (Å²) in [6, 6.07) is 10.9. The van der Waals surface area contributed by atoms with E-state index >= 15 is 0 Å². The number of halogens is 1. The molecule has 2 N–H and O–H groups in total. The van der Waals surface area contributed by atoms with Crippen LogP contribution < -0.4 is 5.32 Å². The molecule has 7 heteroatoms. The van der Waals surface area contributed by atoms with Gasteiger partial charge >= 0.3 is 0 Å². The van der Waals surface area contributed by atoms with Crippen molar-refractivity contribution in [3.05, 3.63) is 66.0 Å². The predicted octanol–water partition coefficient (Wildman–Crippen LogP) is 1.96. The molecule has 3 rings (SSSR count). The molecule has 2 aromatic rings. The van der Waals surface area contributed by atoms with E-state index in [4.69, 9.17) is 0 Å². The summed E-state index contributed by atoms with van der Waals surface area (Å²) in [4.78, 5) is 31.0. The molecule has 1 aromatic carbocycles. The van der Waals surface area contributed by atoms with E-state index in [9.17, 15) is 14.7 Å². The van der Waals surface area contributed by atoms with Gasteiger partial charge in [0.15, 0.2) is 0 Å². The molecule has 1 aliphatic heterocycles. The molecule has 2 unspecified atom stereocenters. The van der Waals surface area contributed by atoms with Gasteiger partial charge in [0, 0.05) is 31.0 Å². The number of hydrogen-bond donors (Lipinski definition) is 2. The van der Waals surface area contributed by atoms with Crippen LogP contribution in [0.15, 0.2) is 54.9 Å². The molecule has 2 amide bonds. The lowest BCUT2D eigenvalue weighted by molar-refractivity contribution is -0.135. The van der Waals surface area contributed by atoms with Crippen LogP contribution in [0.2, 0.25) is 0 Å². The number of carbonyl (C=O) groups is 2. The van der Waals surface area contributed by atoms with Gasteiger partial charge in [-0.1, -0.05) is 18.2 Å². The number of carbonyl (C=O) groups excluding carboxylic acids is 2. The summed E-state index contributed by atoms with van der Waals surface area (Å²) in [5, 5.41) is 13.4. The summed E-state index contributed by atoms with van der Waals surface area (Å²) in [6.07, 6.45) is 3.85. The topological polar surface area (TPSA) is 82.5 Å². The fourth-order valence-electron chi connectivity index (χ4n) is 2.98. The van der Waals surface area contributed by atoms with Crippen molar-refractivity contribution in [3.8, 4) is 0 Å². The van der Waals surface area contributed by atoms with E-state index in [0.29, 0.717) is 24.2 Å². The molecular formula is C19H22ClN3O3. The molecule has 2 heterocycles. The van der Waals surface area contributed by atoms with Crippen LogP contribution in [-0.4, -0.2) is 45.9 Å². The minimum absolute atomic E-state index is 0. The first-order chi connectivity index (χ1) is 12.2. The second-order valence-electron chi connectivity index (χ2n) is 6.07. The van der Waals surface area contributed by atoms with Gasteiger partial charge < -0.3 is 15.3 Å². The number of benzene rings is 1. The molecule has 0 spiro atoms. The molecule has 2 atom stereocenters. The lowest BCUT2D eigenvalue weighted by Crippen LogP contribution is -2.51. The van der Waals surface area contributed by atoms with Gasteiger partial charge in [-0.3, -0.25) is 14.6 Å². The van der Waals surface area contributed by atoms with Crippen molar-refractivity contribution < 1.29 is 14.7 Å². The van der Waals surface area contributed by atoms with Crippen molar-refractivity contribution in [2.24, 2.45) is 0 Å². The van der Waals surface area contributed by atoms with Crippen LogP contribution in [0.4, 0.5) is 0 Å². The largest absolute Gasteiger partial charge is 0.386 e. The normalized spacial score (nSPS) is 15.7. The molecule has 1 aliphatic rings. The van der Waals surface area contributed by atoms with Crippen LogP contribution in [-0.2, 0) is 4.79 Å². The monoisotopic (exact) mass is 375 g/mol. The minimum Gasteiger partial charge on any atom is -0.386 e. The highest BCUT2D eigenvalue weighted by molar-refractivity contribution is 5.97. The Labute approximate surface area is 158 Å². The summed E-state index contributed by atoms with van der Waals surface area (Å²) in [5.74, 6) is -0.641. The van der Waals surface area contributed by atoms with Crippen LogP contribution >= 0.6 is 12.4 Å². The van der Waals surface area contributed by atoms with E-state index in [-0.39, 0.29) is 24.2 Å². The summed E-state index contributed by atoms with van der Waals surface area (Å²) < 4.78 is 0. The molecule has 1 fully saturated rings. The highest BCUT2D eigenvalue weighted by Crippen LogP contribution is 2.20. The molecule has 26 heavy (non-hydrogen) atoms. The summed E-state index contributed by atoms with van der Waals surface area (Å²) in [7, 11) is 0. The summed E-state index contributed by atoms with van der Waals surface area (Å²) in [6.45, 7) is 1.30. The number of aliphatic hydroxyl groups excluding tert-OH is 1. The number of rotatable bonds is 5. The molecule has 0 bridgehead atoms. The Morgan fingerprint density at radius 1 is 1.04 bits per heavy atom. The Hall–Kier alpha value is -2.44. The molecular weight excluding hydrogens is 354 g/mol. The second kappa shape index (κ2) is 9.31. The van der Waals surface area contributed by atoms with Gasteiger partial charge in [0.25, 0.3) is 5.91 Å². The van der Waals surface area contributed by atoms with E-state index in [1.165, 1.54) is 0 Å². The van der Waals surface area contributed by atoms with Gasteiger partial charge in [0.1, 0.15) is 12.1 Å². The SMILES string of the molecule is Cl.O=C(NC(C(=O)N1CCCC1)C(O)c1ccncc1)c1ccccc1. The third-order valence-corrected chi connectivity index (χ3v) is 4.37. The third-order valence-electron chi connectivity index (χ3n) is 4.37. The number of pyridine rings is 1. The van der Waals surface area contributed by atoms with E-state index in [2.05, 4.69) is 10.3 Å². The highest BCUT2D eigenvalue weighted by Gasteiger charge is 2.34. The number of amides is 2. The zero-order valence-electron chi connectivity index (χ0n) is 14.2. The first-order valence-corrected chi connectivity index (χ1v) is 8.39. The number of aliphatic hydroxyl groups is 1. The fraction of sp³-hybridized carbons (Fsp3) is 0.316. The maximum Gasteiger partial charge on any atom is 0.252 e. The molecule has 0 aliphatic carbocycles. The lowest BCUT2D eigenvalue weighted by atomic mass is 10.0. The Morgan fingerprint density at radius 3 is 2.27 bits per heavy atom. The number of hydrogen-bond acceptors (Lipinski definition) is 4. The second-order valence-corrected chi connectivity index (χ2v) is 6.07. The standard InChI is InChI=1S/C19H21N3O3.ClH/c23-17(14-8-10-20-11-9-14)16(19(25)22-12-4-5-13-22)21-18(24)15-6-2-1-3-7-15;/h1-3,6-11,16-17,23H,4-5,12-13H2,(H,21,24);1H. The van der Waals surface area contributed by atoms with Crippen molar-refractivity contribution in [2.45, 2.75) is 25.0 Å². The Balaban J connectivity index is 0.00000243. The zero-order chi connectivity index (χ0) is 17.6. The summed E-state index contributed by atoms with van der Waals surface area (Å²) >= 11 is 0. The van der Waals surface area contributed by atoms with E-state index in [1.54, 1.807) is 53.7 Å². The van der Waals surface area contributed by atoms with Crippen LogP contribution in [0.3, 0.4) is 0 Å². The molecule has 0 saturated carbocycles. The first kappa shape index (κ1) is 19.9. The zero-order valence-corrected chi connectivity index (χ0v) is 15.1. The molecule has 6 nitrogen and oxygen atoms in total. The first-order valence-electron chi connectivity index (χ1n) is 8.39. The van der Waals surface area contributed by atoms with Gasteiger partial charge in [-0.2, -0.15) is 0 Å². The van der Waals surface area contributed by atoms with Gasteiger partial charge in [0.2, 0.25) is 5.91 Å². The van der Waals surface area contributed by atoms with Gasteiger partial charge in [-0.25, -0.2) is 0 Å². The molecule has 1 aromatic heterocycles. The Morgan fingerprint density at radius 2 is 1.65 bits per heavy atom. The lowest BCUT2D eigenvalue weighted by Gasteiger charge is -2.28. The van der Waals surface area contributed by atoms with Crippen molar-refractivity contribution in [1.29, 1.82) is 0 Å². The van der Waals surface area contributed by atoms with Crippen LogP contribution in [0.1, 0.15) is 34.9 Å². The van der Waals surface area contributed by atoms with E-state index < -0.39 is 12.1 Å². The van der Waals surface area contributed by atoms with Crippen molar-refractivity contribution >= 4 is 24.2 Å². The minimum atomic E-state index is -1.14. The third kappa shape index (κ3) is 4.59. The molecule has 1 saturated heterocycles. The van der Waals surface area contributed by atoms with Gasteiger partial charge in [0.05, 0.1) is 0 Å². The van der Waals surface area contributed by atoms with Gasteiger partial charge in [-0.15, -0.1) is 12.4 Å². The summed E-state index contributed by atoms with van der Waals surface area (Å²) in [5.41, 5.74) is 0.990. The maximum absolute atomic E-state index is 12.9. The Kier molecular flexibility index (Phi) is 7.12. The highest BCUT2D eigenvalue weighted by atomic mass is 35.5. The Bertz CT molecular complexity index is 721. The number of nitrogens with one attached hydrogen (secondary N) is 1. The van der Waals surface area contributed by atoms with E-state index in [1.807, 2.05) is 6.07 Å². The van der Waals surface area contributed by atoms with Crippen LogP contribution in [0.5, 0.6) is 0 Å². The van der Waals surface area contributed by atoms with Crippen molar-refractivity contribution in [2.75, 3.05) is 13.1 Å².